The van der Waals surface area contributed by atoms with Crippen LogP contribution in [0.1, 0.15) is 16.7 Å². The van der Waals surface area contributed by atoms with E-state index in [4.69, 9.17) is 9.47 Å². The van der Waals surface area contributed by atoms with Crippen molar-refractivity contribution in [3.05, 3.63) is 107 Å². The van der Waals surface area contributed by atoms with Gasteiger partial charge in [-0.1, -0.05) is 66.7 Å². The Labute approximate surface area is 208 Å². The molecule has 0 bridgehead atoms. The maximum atomic E-state index is 12.9. The summed E-state index contributed by atoms with van der Waals surface area (Å²) in [7, 11) is 1.61. The highest BCUT2D eigenvalue weighted by atomic mass is 32.2. The predicted octanol–water partition coefficient (Wildman–Crippen LogP) is 6.63. The van der Waals surface area contributed by atoms with Gasteiger partial charge in [0.15, 0.2) is 5.17 Å². The quantitative estimate of drug-likeness (QED) is 0.315. The second-order valence-corrected chi connectivity index (χ2v) is 9.16. The molecule has 1 aliphatic rings. The van der Waals surface area contributed by atoms with E-state index in [1.54, 1.807) is 7.11 Å². The standard InChI is InChI=1S/C29H24N2O3S/c1-19-12-14-26(33-2)24(16-19)30-29-31-28(32)27(35-29)17-23-22-11-7-6-10-21(22)13-15-25(23)34-18-20-8-4-3-5-9-20/h3-17H,18H2,1-2H3,(H,30,31,32)/b27-17-. The van der Waals surface area contributed by atoms with Gasteiger partial charge in [-0.2, -0.15) is 0 Å². The number of amides is 1. The molecule has 1 N–H and O–H groups in total. The third kappa shape index (κ3) is 5.08. The fourth-order valence-corrected chi connectivity index (χ4v) is 4.71. The van der Waals surface area contributed by atoms with Crippen LogP contribution in [0.5, 0.6) is 11.5 Å². The molecule has 1 saturated heterocycles. The Morgan fingerprint density at radius 3 is 2.54 bits per heavy atom. The number of aryl methyl sites for hydroxylation is 1. The molecule has 1 heterocycles. The molecule has 0 unspecified atom stereocenters. The fourth-order valence-electron chi connectivity index (χ4n) is 3.89. The van der Waals surface area contributed by atoms with Crippen LogP contribution in [0.4, 0.5) is 5.69 Å². The summed E-state index contributed by atoms with van der Waals surface area (Å²) in [6, 6.07) is 27.9. The fraction of sp³-hybridized carbons (Fsp3) is 0.103. The minimum absolute atomic E-state index is 0.192. The van der Waals surface area contributed by atoms with Gasteiger partial charge in [-0.05, 0) is 64.9 Å². The predicted molar refractivity (Wildman–Crippen MR) is 143 cm³/mol. The number of aliphatic imine (C=N–C) groups is 1. The summed E-state index contributed by atoms with van der Waals surface area (Å²) >= 11 is 1.30. The van der Waals surface area contributed by atoms with Crippen molar-refractivity contribution < 1.29 is 14.3 Å². The molecule has 174 valence electrons. The molecule has 5 nitrogen and oxygen atoms in total. The maximum absolute atomic E-state index is 12.9. The Bertz CT molecular complexity index is 1460. The molecule has 4 aromatic rings. The highest BCUT2D eigenvalue weighted by Crippen LogP contribution is 2.36. The third-order valence-corrected chi connectivity index (χ3v) is 6.56. The van der Waals surface area contributed by atoms with E-state index >= 15 is 0 Å². The number of carbonyl (C=O) groups is 1. The number of rotatable bonds is 6. The first-order chi connectivity index (χ1) is 17.1. The van der Waals surface area contributed by atoms with E-state index in [0.29, 0.717) is 28.1 Å². The lowest BCUT2D eigenvalue weighted by molar-refractivity contribution is -0.115. The van der Waals surface area contributed by atoms with Crippen LogP contribution in [0.15, 0.2) is 94.8 Å². The van der Waals surface area contributed by atoms with Crippen molar-refractivity contribution >= 4 is 45.4 Å². The monoisotopic (exact) mass is 480 g/mol. The summed E-state index contributed by atoms with van der Waals surface area (Å²) < 4.78 is 11.6. The lowest BCUT2D eigenvalue weighted by atomic mass is 10.0. The lowest BCUT2D eigenvalue weighted by Gasteiger charge is -2.12. The maximum Gasteiger partial charge on any atom is 0.264 e. The Kier molecular flexibility index (Phi) is 6.55. The number of benzene rings is 4. The number of nitrogens with zero attached hydrogens (tertiary/aromatic N) is 1. The Hall–Kier alpha value is -4.03. The molecule has 1 amide bonds. The normalized spacial score (nSPS) is 15.5. The average molecular weight is 481 g/mol. The molecular weight excluding hydrogens is 456 g/mol. The van der Waals surface area contributed by atoms with Crippen LogP contribution in [-0.2, 0) is 11.4 Å². The van der Waals surface area contributed by atoms with Gasteiger partial charge in [-0.15, -0.1) is 0 Å². The minimum atomic E-state index is -0.192. The molecule has 35 heavy (non-hydrogen) atoms. The van der Waals surface area contributed by atoms with Crippen molar-refractivity contribution in [2.45, 2.75) is 13.5 Å². The number of hydrogen-bond acceptors (Lipinski definition) is 5. The van der Waals surface area contributed by atoms with Gasteiger partial charge in [0.1, 0.15) is 23.8 Å². The van der Waals surface area contributed by atoms with Crippen LogP contribution >= 0.6 is 11.8 Å². The first kappa shape index (κ1) is 22.7. The smallest absolute Gasteiger partial charge is 0.264 e. The van der Waals surface area contributed by atoms with Crippen LogP contribution in [0.25, 0.3) is 16.8 Å². The molecule has 5 rings (SSSR count). The Morgan fingerprint density at radius 2 is 1.71 bits per heavy atom. The topological polar surface area (TPSA) is 59.9 Å². The van der Waals surface area contributed by atoms with Crippen molar-refractivity contribution in [3.63, 3.8) is 0 Å². The zero-order valence-electron chi connectivity index (χ0n) is 19.4. The van der Waals surface area contributed by atoms with E-state index in [2.05, 4.69) is 16.4 Å². The highest BCUT2D eigenvalue weighted by Gasteiger charge is 2.25. The number of carbonyl (C=O) groups excluding carboxylic acids is 1. The van der Waals surface area contributed by atoms with E-state index < -0.39 is 0 Å². The first-order valence-corrected chi connectivity index (χ1v) is 12.0. The van der Waals surface area contributed by atoms with Gasteiger partial charge in [0, 0.05) is 5.56 Å². The molecule has 1 aliphatic heterocycles. The van der Waals surface area contributed by atoms with Gasteiger partial charge in [0.2, 0.25) is 0 Å². The van der Waals surface area contributed by atoms with E-state index in [9.17, 15) is 4.79 Å². The zero-order chi connectivity index (χ0) is 24.2. The molecular formula is C29H24N2O3S. The summed E-state index contributed by atoms with van der Waals surface area (Å²) in [5.41, 5.74) is 3.68. The summed E-state index contributed by atoms with van der Waals surface area (Å²) in [4.78, 5) is 18.1. The van der Waals surface area contributed by atoms with Gasteiger partial charge in [0.25, 0.3) is 5.91 Å². The third-order valence-electron chi connectivity index (χ3n) is 5.65. The van der Waals surface area contributed by atoms with Crippen LogP contribution < -0.4 is 14.8 Å². The van der Waals surface area contributed by atoms with E-state index in [1.807, 2.05) is 91.9 Å². The number of fused-ring (bicyclic) bond motifs is 1. The number of methoxy groups -OCH3 is 1. The van der Waals surface area contributed by atoms with Gasteiger partial charge >= 0.3 is 0 Å². The average Bonchev–Trinajstić information content (AvgIpc) is 3.22. The summed E-state index contributed by atoms with van der Waals surface area (Å²) in [6.07, 6.45) is 1.89. The van der Waals surface area contributed by atoms with Crippen LogP contribution in [-0.4, -0.2) is 18.2 Å². The van der Waals surface area contributed by atoms with E-state index in [1.165, 1.54) is 11.8 Å². The van der Waals surface area contributed by atoms with Crippen LogP contribution in [0, 0.1) is 6.92 Å². The number of amidine groups is 1. The highest BCUT2D eigenvalue weighted by molar-refractivity contribution is 8.18. The second kappa shape index (κ2) is 10.1. The lowest BCUT2D eigenvalue weighted by Crippen LogP contribution is -2.19. The van der Waals surface area contributed by atoms with Crippen LogP contribution in [0.3, 0.4) is 0 Å². The number of thioether (sulfide) groups is 1. The van der Waals surface area contributed by atoms with Crippen molar-refractivity contribution in [1.82, 2.24) is 5.32 Å². The SMILES string of the molecule is COc1ccc(C)cc1N=C1NC(=O)/C(=C/c2c(OCc3ccccc3)ccc3ccccc23)S1. The van der Waals surface area contributed by atoms with Gasteiger partial charge in [0.05, 0.1) is 12.0 Å². The number of nitrogens with one attached hydrogen (secondary N) is 1. The molecule has 0 spiro atoms. The van der Waals surface area contributed by atoms with Gasteiger partial charge < -0.3 is 14.8 Å². The van der Waals surface area contributed by atoms with Crippen molar-refractivity contribution in [2.75, 3.05) is 7.11 Å². The van der Waals surface area contributed by atoms with E-state index in [-0.39, 0.29) is 5.91 Å². The van der Waals surface area contributed by atoms with Crippen molar-refractivity contribution in [1.29, 1.82) is 0 Å². The first-order valence-electron chi connectivity index (χ1n) is 11.2. The molecule has 0 aliphatic carbocycles. The van der Waals surface area contributed by atoms with Gasteiger partial charge in [-0.25, -0.2) is 4.99 Å². The summed E-state index contributed by atoms with van der Waals surface area (Å²) in [5, 5.41) is 5.48. The molecule has 0 atom stereocenters. The molecule has 6 heteroatoms. The minimum Gasteiger partial charge on any atom is -0.494 e. The molecule has 0 aromatic heterocycles. The number of hydrogen-bond donors (Lipinski definition) is 1. The van der Waals surface area contributed by atoms with Crippen molar-refractivity contribution in [3.8, 4) is 11.5 Å². The largest absolute Gasteiger partial charge is 0.494 e. The van der Waals surface area contributed by atoms with E-state index in [0.717, 1.165) is 33.2 Å². The molecule has 1 fully saturated rings. The summed E-state index contributed by atoms with van der Waals surface area (Å²) in [5.74, 6) is 1.18. The summed E-state index contributed by atoms with van der Waals surface area (Å²) in [6.45, 7) is 2.43. The Balaban J connectivity index is 1.50. The molecule has 4 aromatic carbocycles. The zero-order valence-corrected chi connectivity index (χ0v) is 20.3. The van der Waals surface area contributed by atoms with Crippen molar-refractivity contribution in [2.24, 2.45) is 4.99 Å². The number of ether oxygens (including phenoxy) is 2. The van der Waals surface area contributed by atoms with Crippen LogP contribution in [0.2, 0.25) is 0 Å². The molecule has 0 radical (unpaired) electrons. The molecule has 0 saturated carbocycles. The second-order valence-electron chi connectivity index (χ2n) is 8.13. The van der Waals surface area contributed by atoms with Gasteiger partial charge in [-0.3, -0.25) is 4.79 Å². The Morgan fingerprint density at radius 1 is 0.943 bits per heavy atom.